The van der Waals surface area contributed by atoms with Gasteiger partial charge in [0.2, 0.25) is 5.13 Å². The van der Waals surface area contributed by atoms with E-state index < -0.39 is 0 Å². The molecule has 6 nitrogen and oxygen atoms in total. The second-order valence-corrected chi connectivity index (χ2v) is 6.94. The lowest BCUT2D eigenvalue weighted by Gasteiger charge is -2.29. The first-order chi connectivity index (χ1) is 10.8. The topological polar surface area (TPSA) is 72.7 Å². The van der Waals surface area contributed by atoms with Gasteiger partial charge < -0.3 is 5.32 Å². The lowest BCUT2D eigenvalue weighted by molar-refractivity contribution is 0.303. The second kappa shape index (κ2) is 5.79. The van der Waals surface area contributed by atoms with E-state index in [1.54, 1.807) is 23.0 Å². The average Bonchev–Trinajstić information content (AvgIpc) is 3.29. The maximum absolute atomic E-state index is 11.8. The zero-order valence-corrected chi connectivity index (χ0v) is 13.1. The maximum Gasteiger partial charge on any atom is 0.266 e. The van der Waals surface area contributed by atoms with Gasteiger partial charge in [-0.3, -0.25) is 4.79 Å². The summed E-state index contributed by atoms with van der Waals surface area (Å²) in [5.74, 6) is 1.62. The quantitative estimate of drug-likeness (QED) is 0.938. The molecule has 116 valence electrons. The highest BCUT2D eigenvalue weighted by Gasteiger charge is 2.29. The summed E-state index contributed by atoms with van der Waals surface area (Å²) in [7, 11) is 0. The van der Waals surface area contributed by atoms with E-state index in [0.717, 1.165) is 36.6 Å². The van der Waals surface area contributed by atoms with Crippen molar-refractivity contribution in [2.24, 2.45) is 0 Å². The zero-order chi connectivity index (χ0) is 14.9. The third kappa shape index (κ3) is 2.90. The number of hydrogen-bond acceptors (Lipinski definition) is 6. The highest BCUT2D eigenvalue weighted by Crippen LogP contribution is 2.39. The Morgan fingerprint density at radius 1 is 1.18 bits per heavy atom. The smallest absolute Gasteiger partial charge is 0.266 e. The molecule has 0 saturated heterocycles. The molecule has 0 amide bonds. The van der Waals surface area contributed by atoms with Crippen LogP contribution in [0.25, 0.3) is 0 Å². The van der Waals surface area contributed by atoms with Crippen molar-refractivity contribution < 1.29 is 0 Å². The average molecular weight is 317 g/mol. The Kier molecular flexibility index (Phi) is 3.65. The highest BCUT2D eigenvalue weighted by atomic mass is 32.1. The van der Waals surface area contributed by atoms with E-state index in [1.165, 1.54) is 24.4 Å². The summed E-state index contributed by atoms with van der Waals surface area (Å²) in [6.45, 7) is 0. The van der Waals surface area contributed by atoms with E-state index in [1.807, 2.05) is 0 Å². The van der Waals surface area contributed by atoms with Gasteiger partial charge in [-0.1, -0.05) is 0 Å². The Hall–Kier alpha value is -1.76. The van der Waals surface area contributed by atoms with Crippen LogP contribution in [0.2, 0.25) is 0 Å². The summed E-state index contributed by atoms with van der Waals surface area (Å²) in [6.07, 6.45) is 8.18. The fourth-order valence-corrected chi connectivity index (χ4v) is 3.81. The van der Waals surface area contributed by atoms with Gasteiger partial charge in [-0.2, -0.15) is 9.47 Å². The molecule has 2 aromatic heterocycles. The normalized spacial score (nSPS) is 25.1. The van der Waals surface area contributed by atoms with Gasteiger partial charge in [0.25, 0.3) is 5.56 Å². The fourth-order valence-electron chi connectivity index (χ4n) is 3.08. The van der Waals surface area contributed by atoms with E-state index in [0.29, 0.717) is 12.0 Å². The van der Waals surface area contributed by atoms with Crippen LogP contribution >= 0.6 is 11.5 Å². The first kappa shape index (κ1) is 13.9. The first-order valence-electron chi connectivity index (χ1n) is 7.93. The Balaban J connectivity index is 1.35. The van der Waals surface area contributed by atoms with Crippen molar-refractivity contribution >= 4 is 16.7 Å². The van der Waals surface area contributed by atoms with Gasteiger partial charge in [0.05, 0.1) is 6.04 Å². The van der Waals surface area contributed by atoms with Crippen LogP contribution in [0.3, 0.4) is 0 Å². The minimum atomic E-state index is -0.00268. The van der Waals surface area contributed by atoms with Crippen LogP contribution < -0.4 is 10.9 Å². The lowest BCUT2D eigenvalue weighted by Crippen LogP contribution is -2.32. The van der Waals surface area contributed by atoms with E-state index in [2.05, 4.69) is 19.8 Å². The van der Waals surface area contributed by atoms with Crippen LogP contribution in [0.15, 0.2) is 23.1 Å². The molecule has 0 aromatic carbocycles. The summed E-state index contributed by atoms with van der Waals surface area (Å²) >= 11 is 1.47. The van der Waals surface area contributed by atoms with Crippen molar-refractivity contribution in [3.05, 3.63) is 34.5 Å². The van der Waals surface area contributed by atoms with Crippen molar-refractivity contribution in [2.75, 3.05) is 5.32 Å². The molecule has 0 aliphatic heterocycles. The molecule has 4 rings (SSSR count). The summed E-state index contributed by atoms with van der Waals surface area (Å²) in [5.41, 5.74) is -0.00268. The van der Waals surface area contributed by atoms with Crippen LogP contribution in [0, 0.1) is 0 Å². The fraction of sp³-hybridized carbons (Fsp3) is 0.600. The van der Waals surface area contributed by atoms with Crippen molar-refractivity contribution in [2.45, 2.75) is 56.5 Å². The first-order valence-corrected chi connectivity index (χ1v) is 8.71. The Morgan fingerprint density at radius 2 is 2.00 bits per heavy atom. The van der Waals surface area contributed by atoms with E-state index in [-0.39, 0.29) is 11.6 Å². The van der Waals surface area contributed by atoms with Crippen molar-refractivity contribution in [1.29, 1.82) is 0 Å². The van der Waals surface area contributed by atoms with Gasteiger partial charge in [-0.25, -0.2) is 9.67 Å². The van der Waals surface area contributed by atoms with Crippen molar-refractivity contribution in [1.82, 2.24) is 19.1 Å². The molecular weight excluding hydrogens is 298 g/mol. The summed E-state index contributed by atoms with van der Waals surface area (Å²) < 4.78 is 6.06. The van der Waals surface area contributed by atoms with Crippen LogP contribution in [0.4, 0.5) is 5.13 Å². The summed E-state index contributed by atoms with van der Waals surface area (Å²) in [5, 5.41) is 8.66. The van der Waals surface area contributed by atoms with Gasteiger partial charge in [0.1, 0.15) is 5.82 Å². The van der Waals surface area contributed by atoms with Gasteiger partial charge in [-0.05, 0) is 44.6 Å². The third-order valence-corrected chi connectivity index (χ3v) is 5.16. The molecule has 0 spiro atoms. The molecular formula is C15H19N5OS. The standard InChI is InChI=1S/C15H19N5OS/c21-13-2-1-9-16-20(13)12-7-5-11(6-8-12)17-15-18-14(19-22-15)10-3-4-10/h1-2,9-12H,3-8H2,(H,17,18,19). The molecule has 2 heterocycles. The van der Waals surface area contributed by atoms with Gasteiger partial charge in [-0.15, -0.1) is 0 Å². The molecule has 0 unspecified atom stereocenters. The van der Waals surface area contributed by atoms with Gasteiger partial charge in [0.15, 0.2) is 0 Å². The predicted molar refractivity (Wildman–Crippen MR) is 85.3 cm³/mol. The van der Waals surface area contributed by atoms with Gasteiger partial charge >= 0.3 is 0 Å². The maximum atomic E-state index is 11.8. The van der Waals surface area contributed by atoms with E-state index in [4.69, 9.17) is 0 Å². The molecule has 0 bridgehead atoms. The van der Waals surface area contributed by atoms with E-state index >= 15 is 0 Å². The number of nitrogens with zero attached hydrogens (tertiary/aromatic N) is 4. The number of nitrogens with one attached hydrogen (secondary N) is 1. The van der Waals surface area contributed by atoms with Crippen LogP contribution in [-0.2, 0) is 0 Å². The summed E-state index contributed by atoms with van der Waals surface area (Å²) in [4.78, 5) is 16.4. The van der Waals surface area contributed by atoms with Crippen molar-refractivity contribution in [3.63, 3.8) is 0 Å². The predicted octanol–water partition coefficient (Wildman–Crippen LogP) is 2.57. The molecule has 0 radical (unpaired) electrons. The largest absolute Gasteiger partial charge is 0.358 e. The van der Waals surface area contributed by atoms with E-state index in [9.17, 15) is 4.79 Å². The Labute approximate surface area is 132 Å². The number of anilines is 1. The molecule has 2 fully saturated rings. The second-order valence-electron chi connectivity index (χ2n) is 6.19. The molecule has 0 atom stereocenters. The van der Waals surface area contributed by atoms with Crippen molar-refractivity contribution in [3.8, 4) is 0 Å². The third-order valence-electron chi connectivity index (χ3n) is 4.50. The number of rotatable bonds is 4. The SMILES string of the molecule is O=c1cccnn1C1CCC(Nc2nc(C3CC3)ns2)CC1. The monoisotopic (exact) mass is 317 g/mol. The summed E-state index contributed by atoms with van der Waals surface area (Å²) in [6, 6.07) is 3.93. The van der Waals surface area contributed by atoms with Crippen LogP contribution in [0.5, 0.6) is 0 Å². The minimum absolute atomic E-state index is 0.00268. The Morgan fingerprint density at radius 3 is 2.73 bits per heavy atom. The number of aromatic nitrogens is 4. The molecule has 22 heavy (non-hydrogen) atoms. The Bertz CT molecular complexity index is 700. The lowest BCUT2D eigenvalue weighted by atomic mass is 9.91. The van der Waals surface area contributed by atoms with Crippen LogP contribution in [0.1, 0.15) is 56.3 Å². The molecule has 1 N–H and O–H groups in total. The zero-order valence-electron chi connectivity index (χ0n) is 12.3. The van der Waals surface area contributed by atoms with Crippen LogP contribution in [-0.4, -0.2) is 25.2 Å². The van der Waals surface area contributed by atoms with Gasteiger partial charge in [0, 0.05) is 35.8 Å². The minimum Gasteiger partial charge on any atom is -0.358 e. The highest BCUT2D eigenvalue weighted by molar-refractivity contribution is 7.09. The molecule has 7 heteroatoms. The molecule has 2 aliphatic carbocycles. The molecule has 2 aliphatic rings. The number of hydrogen-bond donors (Lipinski definition) is 1. The molecule has 2 aromatic rings. The molecule has 2 saturated carbocycles.